The average molecular weight is 353 g/mol. The molecule has 1 amide bonds. The summed E-state index contributed by atoms with van der Waals surface area (Å²) in [4.78, 5) is 16.3. The maximum Gasteiger partial charge on any atom is 0.251 e. The Bertz CT molecular complexity index is 901. The second-order valence-electron chi connectivity index (χ2n) is 5.67. The monoisotopic (exact) mass is 353 g/mol. The molecule has 0 spiro atoms. The van der Waals surface area contributed by atoms with Crippen LogP contribution >= 0.6 is 0 Å². The Hall–Kier alpha value is -3.28. The molecular formula is C20H17F2N3O. The van der Waals surface area contributed by atoms with E-state index in [0.717, 1.165) is 24.1 Å². The normalized spacial score (nSPS) is 10.4. The summed E-state index contributed by atoms with van der Waals surface area (Å²) in [5.74, 6) is -1.34. The fourth-order valence-electron chi connectivity index (χ4n) is 2.44. The standard InChI is InChI=1S/C20H17F2N3O/c21-16-6-7-18(17(22)13-16)25-19-12-15(9-11-23-19)20(26)24-10-8-14-4-2-1-3-5-14/h1-7,9,11-13H,8,10H2,(H,23,25)(H,24,26). The Labute approximate surface area is 149 Å². The van der Waals surface area contributed by atoms with E-state index in [9.17, 15) is 13.6 Å². The van der Waals surface area contributed by atoms with Gasteiger partial charge in [-0.15, -0.1) is 0 Å². The summed E-state index contributed by atoms with van der Waals surface area (Å²) in [7, 11) is 0. The highest BCUT2D eigenvalue weighted by molar-refractivity contribution is 5.94. The fourth-order valence-corrected chi connectivity index (χ4v) is 2.44. The zero-order chi connectivity index (χ0) is 18.4. The average Bonchev–Trinajstić information content (AvgIpc) is 2.65. The number of nitrogens with zero attached hydrogens (tertiary/aromatic N) is 1. The fraction of sp³-hybridized carbons (Fsp3) is 0.100. The first-order chi connectivity index (χ1) is 12.6. The van der Waals surface area contributed by atoms with Gasteiger partial charge in [-0.1, -0.05) is 30.3 Å². The number of hydrogen-bond acceptors (Lipinski definition) is 3. The van der Waals surface area contributed by atoms with Crippen LogP contribution in [0.3, 0.4) is 0 Å². The van der Waals surface area contributed by atoms with Crippen LogP contribution in [-0.2, 0) is 6.42 Å². The maximum atomic E-state index is 13.7. The van der Waals surface area contributed by atoms with Gasteiger partial charge in [-0.2, -0.15) is 0 Å². The van der Waals surface area contributed by atoms with E-state index in [1.165, 1.54) is 18.3 Å². The molecule has 0 aliphatic heterocycles. The number of hydrogen-bond donors (Lipinski definition) is 2. The Morgan fingerprint density at radius 3 is 2.58 bits per heavy atom. The van der Waals surface area contributed by atoms with E-state index >= 15 is 0 Å². The Morgan fingerprint density at radius 1 is 1.00 bits per heavy atom. The second-order valence-corrected chi connectivity index (χ2v) is 5.67. The number of carbonyl (C=O) groups excluding carboxylic acids is 1. The van der Waals surface area contributed by atoms with Crippen molar-refractivity contribution in [3.05, 3.63) is 89.6 Å². The number of benzene rings is 2. The first kappa shape index (κ1) is 17.5. The van der Waals surface area contributed by atoms with Gasteiger partial charge in [0.2, 0.25) is 0 Å². The van der Waals surface area contributed by atoms with Gasteiger partial charge >= 0.3 is 0 Å². The number of amides is 1. The maximum absolute atomic E-state index is 13.7. The molecule has 1 heterocycles. The van der Waals surface area contributed by atoms with Crippen molar-refractivity contribution in [3.63, 3.8) is 0 Å². The van der Waals surface area contributed by atoms with E-state index in [4.69, 9.17) is 0 Å². The highest BCUT2D eigenvalue weighted by Gasteiger charge is 2.09. The summed E-state index contributed by atoms with van der Waals surface area (Å²) in [6.07, 6.45) is 2.18. The van der Waals surface area contributed by atoms with Gasteiger partial charge < -0.3 is 10.6 Å². The Kier molecular flexibility index (Phi) is 5.53. The molecule has 0 unspecified atom stereocenters. The van der Waals surface area contributed by atoms with Gasteiger partial charge in [0, 0.05) is 24.4 Å². The molecule has 6 heteroatoms. The zero-order valence-corrected chi connectivity index (χ0v) is 13.9. The molecule has 0 aliphatic rings. The minimum atomic E-state index is -0.732. The van der Waals surface area contributed by atoms with Crippen LogP contribution < -0.4 is 10.6 Å². The molecule has 0 fully saturated rings. The van der Waals surface area contributed by atoms with Crippen molar-refractivity contribution < 1.29 is 13.6 Å². The predicted octanol–water partition coefficient (Wildman–Crippen LogP) is 4.08. The van der Waals surface area contributed by atoms with Crippen LogP contribution in [0.1, 0.15) is 15.9 Å². The van der Waals surface area contributed by atoms with E-state index in [-0.39, 0.29) is 11.6 Å². The van der Waals surface area contributed by atoms with Crippen molar-refractivity contribution in [1.29, 1.82) is 0 Å². The van der Waals surface area contributed by atoms with E-state index in [0.29, 0.717) is 17.9 Å². The smallest absolute Gasteiger partial charge is 0.251 e. The summed E-state index contributed by atoms with van der Waals surface area (Å²) in [6, 6.07) is 16.1. The lowest BCUT2D eigenvalue weighted by atomic mass is 10.1. The molecule has 2 aromatic carbocycles. The van der Waals surface area contributed by atoms with E-state index in [1.54, 1.807) is 6.07 Å². The van der Waals surface area contributed by atoms with Gasteiger partial charge in [0.15, 0.2) is 0 Å². The quantitative estimate of drug-likeness (QED) is 0.702. The molecule has 1 aromatic heterocycles. The van der Waals surface area contributed by atoms with Gasteiger partial charge in [0.25, 0.3) is 5.91 Å². The number of aromatic nitrogens is 1. The van der Waals surface area contributed by atoms with E-state index in [2.05, 4.69) is 15.6 Å². The number of carbonyl (C=O) groups is 1. The summed E-state index contributed by atoms with van der Waals surface area (Å²) in [5.41, 5.74) is 1.62. The molecule has 0 radical (unpaired) electrons. The summed E-state index contributed by atoms with van der Waals surface area (Å²) < 4.78 is 26.7. The van der Waals surface area contributed by atoms with Crippen molar-refractivity contribution in [1.82, 2.24) is 10.3 Å². The third-order valence-corrected chi connectivity index (χ3v) is 3.76. The highest BCUT2D eigenvalue weighted by atomic mass is 19.1. The molecule has 26 heavy (non-hydrogen) atoms. The molecule has 0 saturated carbocycles. The predicted molar refractivity (Wildman–Crippen MR) is 96.4 cm³/mol. The molecule has 4 nitrogen and oxygen atoms in total. The first-order valence-electron chi connectivity index (χ1n) is 8.12. The van der Waals surface area contributed by atoms with Crippen molar-refractivity contribution in [3.8, 4) is 0 Å². The molecule has 3 aromatic rings. The lowest BCUT2D eigenvalue weighted by Crippen LogP contribution is -2.25. The summed E-state index contributed by atoms with van der Waals surface area (Å²) >= 11 is 0. The molecule has 0 aliphatic carbocycles. The van der Waals surface area contributed by atoms with Gasteiger partial charge in [0.05, 0.1) is 5.69 Å². The Balaban J connectivity index is 1.62. The lowest BCUT2D eigenvalue weighted by molar-refractivity contribution is 0.0954. The van der Waals surface area contributed by atoms with Gasteiger partial charge in [-0.05, 0) is 36.2 Å². The SMILES string of the molecule is O=C(NCCc1ccccc1)c1ccnc(Nc2ccc(F)cc2F)c1. The number of pyridine rings is 1. The van der Waals surface area contributed by atoms with Crippen LogP contribution in [0.5, 0.6) is 0 Å². The zero-order valence-electron chi connectivity index (χ0n) is 13.9. The van der Waals surface area contributed by atoms with Crippen molar-refractivity contribution in [2.24, 2.45) is 0 Å². The minimum absolute atomic E-state index is 0.0838. The lowest BCUT2D eigenvalue weighted by Gasteiger charge is -2.09. The third kappa shape index (κ3) is 4.63. The summed E-state index contributed by atoms with van der Waals surface area (Å²) in [5, 5.41) is 5.58. The molecule has 132 valence electrons. The van der Waals surface area contributed by atoms with Crippen LogP contribution in [0.25, 0.3) is 0 Å². The third-order valence-electron chi connectivity index (χ3n) is 3.76. The van der Waals surface area contributed by atoms with Crippen LogP contribution in [0.15, 0.2) is 66.9 Å². The number of anilines is 2. The molecule has 3 rings (SSSR count). The highest BCUT2D eigenvalue weighted by Crippen LogP contribution is 2.19. The molecule has 0 bridgehead atoms. The van der Waals surface area contributed by atoms with Crippen LogP contribution in [-0.4, -0.2) is 17.4 Å². The summed E-state index contributed by atoms with van der Waals surface area (Å²) in [6.45, 7) is 0.501. The van der Waals surface area contributed by atoms with Crippen LogP contribution in [0, 0.1) is 11.6 Å². The molecule has 0 atom stereocenters. The number of rotatable bonds is 6. The van der Waals surface area contributed by atoms with E-state index in [1.807, 2.05) is 30.3 Å². The molecular weight excluding hydrogens is 336 g/mol. The van der Waals surface area contributed by atoms with E-state index < -0.39 is 11.6 Å². The topological polar surface area (TPSA) is 54.0 Å². The number of nitrogens with one attached hydrogen (secondary N) is 2. The van der Waals surface area contributed by atoms with Crippen molar-refractivity contribution in [2.75, 3.05) is 11.9 Å². The molecule has 2 N–H and O–H groups in total. The van der Waals surface area contributed by atoms with Crippen molar-refractivity contribution >= 4 is 17.4 Å². The molecule has 0 saturated heterocycles. The number of halogens is 2. The van der Waals surface area contributed by atoms with Gasteiger partial charge in [-0.25, -0.2) is 13.8 Å². The second kappa shape index (κ2) is 8.20. The van der Waals surface area contributed by atoms with Crippen molar-refractivity contribution in [2.45, 2.75) is 6.42 Å². The Morgan fingerprint density at radius 2 is 1.81 bits per heavy atom. The van der Waals surface area contributed by atoms with Crippen LogP contribution in [0.4, 0.5) is 20.3 Å². The largest absolute Gasteiger partial charge is 0.352 e. The first-order valence-corrected chi connectivity index (χ1v) is 8.12. The van der Waals surface area contributed by atoms with Gasteiger partial charge in [0.1, 0.15) is 17.5 Å². The van der Waals surface area contributed by atoms with Crippen LogP contribution in [0.2, 0.25) is 0 Å². The van der Waals surface area contributed by atoms with Gasteiger partial charge in [-0.3, -0.25) is 4.79 Å². The minimum Gasteiger partial charge on any atom is -0.352 e.